The number of carboxylic acid groups (broad SMARTS) is 1. The van der Waals surface area contributed by atoms with E-state index >= 15 is 0 Å². The Kier molecular flexibility index (Phi) is 2.65. The fourth-order valence-electron chi connectivity index (χ4n) is 3.95. The summed E-state index contributed by atoms with van der Waals surface area (Å²) in [6, 6.07) is -0.0276. The van der Waals surface area contributed by atoms with E-state index in [9.17, 15) is 9.59 Å². The van der Waals surface area contributed by atoms with Gasteiger partial charge < -0.3 is 14.8 Å². The molecule has 1 amide bonds. The number of hydrogen-bond donors (Lipinski definition) is 2. The summed E-state index contributed by atoms with van der Waals surface area (Å²) < 4.78 is 5.43. The highest BCUT2D eigenvalue weighted by molar-refractivity contribution is 5.93. The Labute approximate surface area is 121 Å². The lowest BCUT2D eigenvalue weighted by Gasteiger charge is -2.31. The highest BCUT2D eigenvalue weighted by atomic mass is 16.4. The summed E-state index contributed by atoms with van der Waals surface area (Å²) in [6.45, 7) is 0. The van der Waals surface area contributed by atoms with Crippen LogP contribution in [0.4, 0.5) is 0 Å². The van der Waals surface area contributed by atoms with Crippen molar-refractivity contribution >= 4 is 11.9 Å². The number of amides is 1. The molecule has 1 aromatic rings. The number of fused-ring (bicyclic) bond motifs is 1. The monoisotopic (exact) mass is 290 g/mol. The molecule has 4 rings (SSSR count). The van der Waals surface area contributed by atoms with Gasteiger partial charge in [0.25, 0.3) is 5.91 Å². The molecule has 21 heavy (non-hydrogen) atoms. The van der Waals surface area contributed by atoms with Crippen LogP contribution in [0.5, 0.6) is 0 Å². The number of nitrogens with one attached hydrogen (secondary N) is 1. The zero-order valence-electron chi connectivity index (χ0n) is 11.7. The number of carbonyl (C=O) groups excluding carboxylic acids is 1. The standard InChI is InChI=1S/C15H18N2O4/c18-12(16-10-6-15(14(19)20)5-9(10)15)11-7-21-13(17-11)8-3-1-2-4-8/h7-10H,1-6H2,(H,16,18)(H,19,20)/t9-,10+,15-/m0/s1. The number of oxazole rings is 1. The summed E-state index contributed by atoms with van der Waals surface area (Å²) in [6.07, 6.45) is 7.16. The number of aliphatic carboxylic acids is 1. The predicted molar refractivity (Wildman–Crippen MR) is 71.8 cm³/mol. The number of rotatable bonds is 4. The van der Waals surface area contributed by atoms with Gasteiger partial charge in [-0.05, 0) is 31.6 Å². The Morgan fingerprint density at radius 3 is 2.71 bits per heavy atom. The summed E-state index contributed by atoms with van der Waals surface area (Å²) >= 11 is 0. The molecule has 3 aliphatic carbocycles. The molecule has 3 atom stereocenters. The van der Waals surface area contributed by atoms with Crippen molar-refractivity contribution in [2.24, 2.45) is 11.3 Å². The van der Waals surface area contributed by atoms with Crippen molar-refractivity contribution in [3.8, 4) is 0 Å². The van der Waals surface area contributed by atoms with Crippen LogP contribution in [0, 0.1) is 11.3 Å². The lowest BCUT2D eigenvalue weighted by atomic mass is 9.80. The Hall–Kier alpha value is -1.85. The molecular weight excluding hydrogens is 272 g/mol. The smallest absolute Gasteiger partial charge is 0.310 e. The fraction of sp³-hybridized carbons (Fsp3) is 0.667. The first-order valence-corrected chi connectivity index (χ1v) is 7.60. The van der Waals surface area contributed by atoms with Crippen LogP contribution in [0.25, 0.3) is 0 Å². The largest absolute Gasteiger partial charge is 0.481 e. The van der Waals surface area contributed by atoms with Gasteiger partial charge in [-0.3, -0.25) is 9.59 Å². The third-order valence-electron chi connectivity index (χ3n) is 5.41. The highest BCUT2D eigenvalue weighted by Gasteiger charge is 2.72. The molecule has 3 saturated carbocycles. The zero-order valence-corrected chi connectivity index (χ0v) is 11.7. The first-order valence-electron chi connectivity index (χ1n) is 7.60. The van der Waals surface area contributed by atoms with Gasteiger partial charge in [-0.1, -0.05) is 12.8 Å². The number of hydrogen-bond acceptors (Lipinski definition) is 4. The Balaban J connectivity index is 1.37. The van der Waals surface area contributed by atoms with E-state index < -0.39 is 11.4 Å². The number of aromatic nitrogens is 1. The molecule has 1 aromatic heterocycles. The summed E-state index contributed by atoms with van der Waals surface area (Å²) in [4.78, 5) is 27.5. The van der Waals surface area contributed by atoms with Crippen molar-refractivity contribution in [2.75, 3.05) is 0 Å². The summed E-state index contributed by atoms with van der Waals surface area (Å²) in [5, 5.41) is 12.0. The first kappa shape index (κ1) is 12.9. The van der Waals surface area contributed by atoms with Gasteiger partial charge in [0.2, 0.25) is 0 Å². The van der Waals surface area contributed by atoms with E-state index in [1.54, 1.807) is 0 Å². The molecule has 2 N–H and O–H groups in total. The van der Waals surface area contributed by atoms with Gasteiger partial charge in [0, 0.05) is 12.0 Å². The molecule has 0 aliphatic heterocycles. The third kappa shape index (κ3) is 1.88. The maximum atomic E-state index is 12.1. The topological polar surface area (TPSA) is 92.4 Å². The second kappa shape index (κ2) is 4.32. The summed E-state index contributed by atoms with van der Waals surface area (Å²) in [5.41, 5.74) is -0.234. The minimum atomic E-state index is -0.733. The molecule has 3 fully saturated rings. The molecule has 0 aromatic carbocycles. The van der Waals surface area contributed by atoms with Crippen molar-refractivity contribution in [1.82, 2.24) is 10.3 Å². The first-order chi connectivity index (χ1) is 10.1. The summed E-state index contributed by atoms with van der Waals surface area (Å²) in [7, 11) is 0. The maximum Gasteiger partial charge on any atom is 0.310 e. The van der Waals surface area contributed by atoms with Crippen LogP contribution in [0.15, 0.2) is 10.7 Å². The van der Waals surface area contributed by atoms with E-state index in [0.717, 1.165) is 12.8 Å². The van der Waals surface area contributed by atoms with Crippen molar-refractivity contribution in [1.29, 1.82) is 0 Å². The van der Waals surface area contributed by atoms with Gasteiger partial charge in [-0.15, -0.1) is 0 Å². The van der Waals surface area contributed by atoms with E-state index in [1.165, 1.54) is 19.1 Å². The zero-order chi connectivity index (χ0) is 14.6. The SMILES string of the molecule is O=C(N[C@@H]1C[C@@]2(C(=O)O)C[C@@H]12)c1coc(C2CCCC2)n1. The van der Waals surface area contributed by atoms with E-state index in [-0.39, 0.29) is 17.9 Å². The third-order valence-corrected chi connectivity index (χ3v) is 5.41. The van der Waals surface area contributed by atoms with Crippen LogP contribution < -0.4 is 5.32 Å². The van der Waals surface area contributed by atoms with Crippen LogP contribution >= 0.6 is 0 Å². The Bertz CT molecular complexity index is 605. The van der Waals surface area contributed by atoms with Gasteiger partial charge in [0.1, 0.15) is 6.26 Å². The second-order valence-corrected chi connectivity index (χ2v) is 6.61. The van der Waals surface area contributed by atoms with Gasteiger partial charge in [-0.25, -0.2) is 4.98 Å². The lowest BCUT2D eigenvalue weighted by Crippen LogP contribution is -2.48. The lowest BCUT2D eigenvalue weighted by molar-refractivity contribution is -0.147. The molecule has 0 bridgehead atoms. The minimum absolute atomic E-state index is 0.0276. The molecule has 0 saturated heterocycles. The van der Waals surface area contributed by atoms with Gasteiger partial charge in [0.05, 0.1) is 5.41 Å². The minimum Gasteiger partial charge on any atom is -0.481 e. The number of nitrogens with zero attached hydrogens (tertiary/aromatic N) is 1. The Morgan fingerprint density at radius 1 is 1.33 bits per heavy atom. The van der Waals surface area contributed by atoms with Crippen molar-refractivity contribution in [2.45, 2.75) is 50.5 Å². The molecular formula is C15H18N2O4. The predicted octanol–water partition coefficient (Wildman–Crippen LogP) is 1.93. The maximum absolute atomic E-state index is 12.1. The molecule has 0 radical (unpaired) electrons. The molecule has 1 heterocycles. The van der Waals surface area contributed by atoms with Crippen LogP contribution in [-0.4, -0.2) is 28.0 Å². The van der Waals surface area contributed by atoms with Gasteiger partial charge in [-0.2, -0.15) is 0 Å². The van der Waals surface area contributed by atoms with Crippen LogP contribution in [0.3, 0.4) is 0 Å². The van der Waals surface area contributed by atoms with Crippen molar-refractivity contribution < 1.29 is 19.1 Å². The van der Waals surface area contributed by atoms with Crippen molar-refractivity contribution in [3.05, 3.63) is 17.8 Å². The quantitative estimate of drug-likeness (QED) is 0.883. The van der Waals surface area contributed by atoms with Gasteiger partial charge >= 0.3 is 5.97 Å². The van der Waals surface area contributed by atoms with E-state index in [0.29, 0.717) is 30.3 Å². The molecule has 6 heteroatoms. The molecule has 0 unspecified atom stereocenters. The fourth-order valence-corrected chi connectivity index (χ4v) is 3.95. The van der Waals surface area contributed by atoms with E-state index in [4.69, 9.17) is 9.52 Å². The average molecular weight is 290 g/mol. The molecule has 112 valence electrons. The van der Waals surface area contributed by atoms with Crippen molar-refractivity contribution in [3.63, 3.8) is 0 Å². The second-order valence-electron chi connectivity index (χ2n) is 6.61. The number of carbonyl (C=O) groups is 2. The van der Waals surface area contributed by atoms with Crippen LogP contribution in [0.1, 0.15) is 60.8 Å². The van der Waals surface area contributed by atoms with E-state index in [1.807, 2.05) is 0 Å². The van der Waals surface area contributed by atoms with Crippen LogP contribution in [-0.2, 0) is 4.79 Å². The average Bonchev–Trinajstić information content (AvgIpc) is 2.88. The Morgan fingerprint density at radius 2 is 2.10 bits per heavy atom. The van der Waals surface area contributed by atoms with E-state index in [2.05, 4.69) is 10.3 Å². The highest BCUT2D eigenvalue weighted by Crippen LogP contribution is 2.67. The number of carboxylic acids is 1. The molecule has 0 spiro atoms. The normalized spacial score (nSPS) is 34.1. The molecule has 3 aliphatic rings. The van der Waals surface area contributed by atoms with Crippen LogP contribution in [0.2, 0.25) is 0 Å². The van der Waals surface area contributed by atoms with Gasteiger partial charge in [0.15, 0.2) is 11.6 Å². The summed E-state index contributed by atoms with van der Waals surface area (Å²) in [5.74, 6) is 0.123. The molecule has 6 nitrogen and oxygen atoms in total.